The molecule has 0 aliphatic heterocycles. The third-order valence-electron chi connectivity index (χ3n) is 4.81. The highest BCUT2D eigenvalue weighted by molar-refractivity contribution is 5.54. The Labute approximate surface area is 130 Å². The van der Waals surface area contributed by atoms with Crippen LogP contribution in [0.15, 0.2) is 18.2 Å². The van der Waals surface area contributed by atoms with Crippen molar-refractivity contribution in [3.8, 4) is 0 Å². The molecule has 118 valence electrons. The van der Waals surface area contributed by atoms with E-state index in [0.29, 0.717) is 12.1 Å². The number of nitrogens with one attached hydrogen (secondary N) is 1. The standard InChI is InChI=1S/C19H32N2/c1-14(2)20-13-17-9-10-19(16(4)12-17)21(5)18-8-6-7-15(3)11-18/h9-10,12,14-15,18,20H,6-8,11,13H2,1-5H3. The van der Waals surface area contributed by atoms with Gasteiger partial charge in [0.15, 0.2) is 0 Å². The molecule has 1 aromatic rings. The third kappa shape index (κ3) is 4.47. The number of hydrogen-bond donors (Lipinski definition) is 1. The minimum Gasteiger partial charge on any atom is -0.371 e. The van der Waals surface area contributed by atoms with E-state index in [1.165, 1.54) is 42.5 Å². The van der Waals surface area contributed by atoms with E-state index < -0.39 is 0 Å². The predicted molar refractivity (Wildman–Crippen MR) is 93.0 cm³/mol. The van der Waals surface area contributed by atoms with Crippen LogP contribution in [0.3, 0.4) is 0 Å². The molecule has 0 saturated heterocycles. The summed E-state index contributed by atoms with van der Waals surface area (Å²) in [5.41, 5.74) is 4.19. The van der Waals surface area contributed by atoms with Crippen molar-refractivity contribution in [2.24, 2.45) is 5.92 Å². The molecule has 0 radical (unpaired) electrons. The van der Waals surface area contributed by atoms with E-state index in [-0.39, 0.29) is 0 Å². The van der Waals surface area contributed by atoms with Crippen LogP contribution >= 0.6 is 0 Å². The zero-order chi connectivity index (χ0) is 15.4. The average molecular weight is 288 g/mol. The van der Waals surface area contributed by atoms with Gasteiger partial charge in [0.1, 0.15) is 0 Å². The first-order valence-electron chi connectivity index (χ1n) is 8.53. The second-order valence-corrected chi connectivity index (χ2v) is 7.19. The van der Waals surface area contributed by atoms with Crippen molar-refractivity contribution in [1.82, 2.24) is 5.32 Å². The molecule has 2 rings (SSSR count). The zero-order valence-corrected chi connectivity index (χ0v) is 14.4. The van der Waals surface area contributed by atoms with Gasteiger partial charge in [-0.25, -0.2) is 0 Å². The van der Waals surface area contributed by atoms with Gasteiger partial charge >= 0.3 is 0 Å². The Hall–Kier alpha value is -1.02. The number of benzene rings is 1. The summed E-state index contributed by atoms with van der Waals surface area (Å²) in [6.45, 7) is 9.99. The molecule has 1 aromatic carbocycles. The van der Waals surface area contributed by atoms with Gasteiger partial charge in [0.25, 0.3) is 0 Å². The Balaban J connectivity index is 2.05. The van der Waals surface area contributed by atoms with Crippen LogP contribution in [0.2, 0.25) is 0 Å². The first kappa shape index (κ1) is 16.4. The first-order chi connectivity index (χ1) is 9.97. The highest BCUT2D eigenvalue weighted by atomic mass is 15.1. The molecule has 0 heterocycles. The molecule has 0 spiro atoms. The van der Waals surface area contributed by atoms with E-state index in [1.54, 1.807) is 0 Å². The normalized spacial score (nSPS) is 22.6. The smallest absolute Gasteiger partial charge is 0.0396 e. The Bertz CT molecular complexity index is 453. The summed E-state index contributed by atoms with van der Waals surface area (Å²) in [5.74, 6) is 0.876. The zero-order valence-electron chi connectivity index (χ0n) is 14.4. The molecule has 1 fully saturated rings. The Morgan fingerprint density at radius 3 is 2.67 bits per heavy atom. The number of nitrogens with zero attached hydrogens (tertiary/aromatic N) is 1. The summed E-state index contributed by atoms with van der Waals surface area (Å²) in [4.78, 5) is 2.52. The van der Waals surface area contributed by atoms with E-state index in [0.717, 1.165) is 12.5 Å². The average Bonchev–Trinajstić information content (AvgIpc) is 2.44. The molecule has 0 amide bonds. The number of anilines is 1. The molecule has 2 unspecified atom stereocenters. The maximum Gasteiger partial charge on any atom is 0.0396 e. The van der Waals surface area contributed by atoms with Gasteiger partial charge in [0, 0.05) is 31.4 Å². The third-order valence-corrected chi connectivity index (χ3v) is 4.81. The van der Waals surface area contributed by atoms with E-state index in [9.17, 15) is 0 Å². The first-order valence-corrected chi connectivity index (χ1v) is 8.53. The molecule has 2 atom stereocenters. The number of aryl methyl sites for hydroxylation is 1. The lowest BCUT2D eigenvalue weighted by Gasteiger charge is -2.36. The van der Waals surface area contributed by atoms with Crippen molar-refractivity contribution in [2.45, 2.75) is 72.0 Å². The highest BCUT2D eigenvalue weighted by Crippen LogP contribution is 2.31. The number of hydrogen-bond acceptors (Lipinski definition) is 2. The highest BCUT2D eigenvalue weighted by Gasteiger charge is 2.23. The van der Waals surface area contributed by atoms with Gasteiger partial charge in [0.05, 0.1) is 0 Å². The monoisotopic (exact) mass is 288 g/mol. The maximum absolute atomic E-state index is 3.49. The second kappa shape index (κ2) is 7.31. The van der Waals surface area contributed by atoms with Gasteiger partial charge in [-0.15, -0.1) is 0 Å². The second-order valence-electron chi connectivity index (χ2n) is 7.19. The topological polar surface area (TPSA) is 15.3 Å². The van der Waals surface area contributed by atoms with Crippen LogP contribution in [0.1, 0.15) is 57.6 Å². The van der Waals surface area contributed by atoms with Crippen LogP contribution in [-0.4, -0.2) is 19.1 Å². The predicted octanol–water partition coefficient (Wildman–Crippen LogP) is 4.51. The van der Waals surface area contributed by atoms with E-state index in [4.69, 9.17) is 0 Å². The van der Waals surface area contributed by atoms with Crippen LogP contribution in [0, 0.1) is 12.8 Å². The van der Waals surface area contributed by atoms with Gasteiger partial charge in [0.2, 0.25) is 0 Å². The summed E-state index contributed by atoms with van der Waals surface area (Å²) in [5, 5.41) is 3.49. The fourth-order valence-corrected chi connectivity index (χ4v) is 3.50. The lowest BCUT2D eigenvalue weighted by molar-refractivity contribution is 0.336. The molecule has 2 nitrogen and oxygen atoms in total. The largest absolute Gasteiger partial charge is 0.371 e. The molecule has 1 N–H and O–H groups in total. The van der Waals surface area contributed by atoms with Crippen LogP contribution in [0.5, 0.6) is 0 Å². The molecule has 1 saturated carbocycles. The van der Waals surface area contributed by atoms with Gasteiger partial charge in [-0.3, -0.25) is 0 Å². The van der Waals surface area contributed by atoms with E-state index >= 15 is 0 Å². The molecule has 21 heavy (non-hydrogen) atoms. The summed E-state index contributed by atoms with van der Waals surface area (Å²) >= 11 is 0. The summed E-state index contributed by atoms with van der Waals surface area (Å²) in [6, 6.07) is 8.18. The fourth-order valence-electron chi connectivity index (χ4n) is 3.50. The lowest BCUT2D eigenvalue weighted by Crippen LogP contribution is -2.36. The van der Waals surface area contributed by atoms with Crippen molar-refractivity contribution < 1.29 is 0 Å². The molecular formula is C19H32N2. The maximum atomic E-state index is 3.49. The molecule has 1 aliphatic carbocycles. The van der Waals surface area contributed by atoms with Crippen LogP contribution in [-0.2, 0) is 6.54 Å². The Kier molecular flexibility index (Phi) is 5.69. The molecule has 2 heteroatoms. The van der Waals surface area contributed by atoms with Crippen molar-refractivity contribution in [3.05, 3.63) is 29.3 Å². The molecule has 0 bridgehead atoms. The minimum absolute atomic E-state index is 0.538. The SMILES string of the molecule is Cc1cc(CNC(C)C)ccc1N(C)C1CCCC(C)C1. The van der Waals surface area contributed by atoms with Gasteiger partial charge in [-0.05, 0) is 42.9 Å². The number of rotatable bonds is 5. The van der Waals surface area contributed by atoms with Crippen molar-refractivity contribution in [2.75, 3.05) is 11.9 Å². The Morgan fingerprint density at radius 2 is 2.05 bits per heavy atom. The van der Waals surface area contributed by atoms with Crippen molar-refractivity contribution in [3.63, 3.8) is 0 Å². The van der Waals surface area contributed by atoms with Gasteiger partial charge in [-0.1, -0.05) is 45.7 Å². The van der Waals surface area contributed by atoms with Crippen LogP contribution in [0.4, 0.5) is 5.69 Å². The van der Waals surface area contributed by atoms with Gasteiger partial charge < -0.3 is 10.2 Å². The van der Waals surface area contributed by atoms with E-state index in [2.05, 4.69) is 63.2 Å². The fraction of sp³-hybridized carbons (Fsp3) is 0.684. The Morgan fingerprint density at radius 1 is 1.29 bits per heavy atom. The molecular weight excluding hydrogens is 256 g/mol. The quantitative estimate of drug-likeness (QED) is 0.857. The summed E-state index contributed by atoms with van der Waals surface area (Å²) in [6.07, 6.45) is 5.47. The minimum atomic E-state index is 0.538. The molecule has 1 aliphatic rings. The van der Waals surface area contributed by atoms with Crippen molar-refractivity contribution >= 4 is 5.69 Å². The summed E-state index contributed by atoms with van der Waals surface area (Å²) < 4.78 is 0. The van der Waals surface area contributed by atoms with Crippen LogP contribution in [0.25, 0.3) is 0 Å². The van der Waals surface area contributed by atoms with Crippen LogP contribution < -0.4 is 10.2 Å². The molecule has 0 aromatic heterocycles. The summed E-state index contributed by atoms with van der Waals surface area (Å²) in [7, 11) is 2.27. The van der Waals surface area contributed by atoms with Crippen molar-refractivity contribution in [1.29, 1.82) is 0 Å². The lowest BCUT2D eigenvalue weighted by atomic mass is 9.86. The van der Waals surface area contributed by atoms with Gasteiger partial charge in [-0.2, -0.15) is 0 Å². The van der Waals surface area contributed by atoms with E-state index in [1.807, 2.05) is 0 Å².